The molecule has 2 aromatic heterocycles. The van der Waals surface area contributed by atoms with Crippen LogP contribution in [0.25, 0.3) is 0 Å². The van der Waals surface area contributed by atoms with Gasteiger partial charge in [-0.3, -0.25) is 4.79 Å². The van der Waals surface area contributed by atoms with Crippen molar-refractivity contribution in [2.24, 2.45) is 0 Å². The van der Waals surface area contributed by atoms with Gasteiger partial charge < -0.3 is 10.6 Å². The van der Waals surface area contributed by atoms with Crippen LogP contribution in [0.3, 0.4) is 0 Å². The number of nitrogens with one attached hydrogen (secondary N) is 3. The number of pyridine rings is 1. The number of anilines is 2. The van der Waals surface area contributed by atoms with Gasteiger partial charge in [0.15, 0.2) is 12.4 Å². The standard InChI is InChI=1S/C17H15N7O/c1-11-14(16(25)20-13-7-3-2-4-8-13)15(12-6-5-9-18-10-12)24-17(19-11)21-22-23-24/h2-10,15H,1H3,(H,20,25)(H,19,21,23)/p+1. The van der Waals surface area contributed by atoms with Gasteiger partial charge in [-0.1, -0.05) is 23.3 Å². The number of hydrogen-bond donors (Lipinski definition) is 2. The SMILES string of the molecule is CC1=C(C(=O)Nc2ccccc2)C(c2ccc[nH+]c2)n2nnnc2N1. The molecule has 1 aliphatic heterocycles. The summed E-state index contributed by atoms with van der Waals surface area (Å²) in [6, 6.07) is 12.7. The van der Waals surface area contributed by atoms with Gasteiger partial charge in [0.2, 0.25) is 5.95 Å². The second-order valence-corrected chi connectivity index (χ2v) is 5.67. The van der Waals surface area contributed by atoms with Crippen LogP contribution in [0.1, 0.15) is 18.5 Å². The van der Waals surface area contributed by atoms with Crippen LogP contribution in [-0.2, 0) is 4.79 Å². The summed E-state index contributed by atoms with van der Waals surface area (Å²) in [5.74, 6) is 0.300. The molecule has 1 unspecified atom stereocenters. The molecule has 124 valence electrons. The molecule has 1 atom stereocenters. The first-order valence-corrected chi connectivity index (χ1v) is 7.82. The third kappa shape index (κ3) is 2.74. The van der Waals surface area contributed by atoms with E-state index in [-0.39, 0.29) is 5.91 Å². The monoisotopic (exact) mass is 334 g/mol. The van der Waals surface area contributed by atoms with Crippen molar-refractivity contribution in [1.29, 1.82) is 0 Å². The predicted octanol–water partition coefficient (Wildman–Crippen LogP) is 1.41. The van der Waals surface area contributed by atoms with E-state index < -0.39 is 6.04 Å². The first-order chi connectivity index (χ1) is 12.2. The molecule has 8 nitrogen and oxygen atoms in total. The van der Waals surface area contributed by atoms with Gasteiger partial charge in [-0.2, -0.15) is 4.68 Å². The largest absolute Gasteiger partial charge is 0.326 e. The second-order valence-electron chi connectivity index (χ2n) is 5.67. The number of para-hydroxylation sites is 1. The van der Waals surface area contributed by atoms with Crippen LogP contribution in [0.2, 0.25) is 0 Å². The highest BCUT2D eigenvalue weighted by molar-refractivity contribution is 6.05. The molecule has 0 fully saturated rings. The number of aromatic nitrogens is 5. The van der Waals surface area contributed by atoms with Gasteiger partial charge in [-0.25, -0.2) is 4.98 Å². The van der Waals surface area contributed by atoms with E-state index >= 15 is 0 Å². The highest BCUT2D eigenvalue weighted by atomic mass is 16.1. The number of benzene rings is 1. The Kier molecular flexibility index (Phi) is 3.70. The number of allylic oxidation sites excluding steroid dienone is 1. The summed E-state index contributed by atoms with van der Waals surface area (Å²) in [5, 5.41) is 17.8. The number of H-pyrrole nitrogens is 1. The highest BCUT2D eigenvalue weighted by Gasteiger charge is 2.34. The number of tetrazole rings is 1. The van der Waals surface area contributed by atoms with Gasteiger partial charge in [-0.15, -0.1) is 0 Å². The van der Waals surface area contributed by atoms with E-state index in [2.05, 4.69) is 31.1 Å². The van der Waals surface area contributed by atoms with Gasteiger partial charge in [-0.05, 0) is 35.5 Å². The first-order valence-electron chi connectivity index (χ1n) is 7.82. The molecule has 1 aromatic carbocycles. The van der Waals surface area contributed by atoms with E-state index in [9.17, 15) is 4.79 Å². The molecule has 3 aromatic rings. The second kappa shape index (κ2) is 6.16. The average Bonchev–Trinajstić information content (AvgIpc) is 3.10. The Morgan fingerprint density at radius 2 is 2.08 bits per heavy atom. The van der Waals surface area contributed by atoms with Gasteiger partial charge in [0.1, 0.15) is 6.04 Å². The van der Waals surface area contributed by atoms with Crippen LogP contribution < -0.4 is 15.6 Å². The molecule has 1 aliphatic rings. The lowest BCUT2D eigenvalue weighted by Crippen LogP contribution is -2.32. The number of hydrogen-bond acceptors (Lipinski definition) is 5. The summed E-state index contributed by atoms with van der Waals surface area (Å²) in [4.78, 5) is 16.0. The maximum absolute atomic E-state index is 13.0. The van der Waals surface area contributed by atoms with Crippen LogP contribution >= 0.6 is 0 Å². The van der Waals surface area contributed by atoms with Crippen molar-refractivity contribution < 1.29 is 9.78 Å². The molecule has 25 heavy (non-hydrogen) atoms. The quantitative estimate of drug-likeness (QED) is 0.754. The minimum atomic E-state index is -0.424. The third-order valence-electron chi connectivity index (χ3n) is 4.04. The molecule has 0 saturated carbocycles. The van der Waals surface area contributed by atoms with Crippen molar-refractivity contribution in [1.82, 2.24) is 20.2 Å². The summed E-state index contributed by atoms with van der Waals surface area (Å²) in [6.07, 6.45) is 3.65. The van der Waals surface area contributed by atoms with Crippen molar-refractivity contribution in [3.63, 3.8) is 0 Å². The molecule has 0 bridgehead atoms. The zero-order chi connectivity index (χ0) is 17.2. The zero-order valence-electron chi connectivity index (χ0n) is 13.5. The van der Waals surface area contributed by atoms with Gasteiger partial charge in [0, 0.05) is 23.0 Å². The molecular formula is C17H16N7O+. The number of amides is 1. The number of nitrogens with zero attached hydrogens (tertiary/aromatic N) is 4. The number of carbonyl (C=O) groups is 1. The molecule has 3 heterocycles. The fourth-order valence-corrected chi connectivity index (χ4v) is 2.91. The van der Waals surface area contributed by atoms with Crippen molar-refractivity contribution in [2.45, 2.75) is 13.0 Å². The van der Waals surface area contributed by atoms with E-state index in [1.165, 1.54) is 0 Å². The van der Waals surface area contributed by atoms with Crippen molar-refractivity contribution in [2.75, 3.05) is 10.6 Å². The molecule has 4 rings (SSSR count). The van der Waals surface area contributed by atoms with Crippen LogP contribution in [0.4, 0.5) is 11.6 Å². The van der Waals surface area contributed by atoms with E-state index in [4.69, 9.17) is 0 Å². The Bertz CT molecular complexity index is 934. The minimum Gasteiger partial charge on any atom is -0.326 e. The molecule has 0 aliphatic carbocycles. The normalized spacial score (nSPS) is 16.1. The molecule has 3 N–H and O–H groups in total. The molecular weight excluding hydrogens is 318 g/mol. The Hall–Kier alpha value is -3.55. The van der Waals surface area contributed by atoms with Crippen molar-refractivity contribution in [3.8, 4) is 0 Å². The average molecular weight is 334 g/mol. The number of carbonyl (C=O) groups excluding carboxylic acids is 1. The fraction of sp³-hybridized carbons (Fsp3) is 0.118. The maximum atomic E-state index is 13.0. The van der Waals surface area contributed by atoms with E-state index in [0.29, 0.717) is 17.2 Å². The van der Waals surface area contributed by atoms with E-state index in [1.54, 1.807) is 4.68 Å². The highest BCUT2D eigenvalue weighted by Crippen LogP contribution is 2.34. The van der Waals surface area contributed by atoms with Crippen LogP contribution in [0, 0.1) is 0 Å². The Morgan fingerprint density at radius 1 is 1.24 bits per heavy atom. The van der Waals surface area contributed by atoms with E-state index in [1.807, 2.05) is 61.8 Å². The molecule has 0 radical (unpaired) electrons. The number of aromatic amines is 1. The Labute approximate surface area is 143 Å². The lowest BCUT2D eigenvalue weighted by Gasteiger charge is -2.27. The molecule has 8 heteroatoms. The van der Waals surface area contributed by atoms with Crippen LogP contribution in [-0.4, -0.2) is 26.1 Å². The van der Waals surface area contributed by atoms with Gasteiger partial charge >= 0.3 is 0 Å². The number of rotatable bonds is 3. The van der Waals surface area contributed by atoms with Crippen molar-refractivity contribution in [3.05, 3.63) is 71.7 Å². The lowest BCUT2D eigenvalue weighted by atomic mass is 9.96. The number of fused-ring (bicyclic) bond motifs is 1. The van der Waals surface area contributed by atoms with Gasteiger partial charge in [0.25, 0.3) is 5.91 Å². The maximum Gasteiger partial charge on any atom is 0.255 e. The van der Waals surface area contributed by atoms with Crippen LogP contribution in [0.15, 0.2) is 66.1 Å². The zero-order valence-corrected chi connectivity index (χ0v) is 13.5. The smallest absolute Gasteiger partial charge is 0.255 e. The minimum absolute atomic E-state index is 0.203. The molecule has 0 saturated heterocycles. The van der Waals surface area contributed by atoms with Gasteiger partial charge in [0.05, 0.1) is 5.57 Å². The summed E-state index contributed by atoms with van der Waals surface area (Å²) >= 11 is 0. The summed E-state index contributed by atoms with van der Waals surface area (Å²) < 4.78 is 1.61. The Morgan fingerprint density at radius 3 is 2.84 bits per heavy atom. The van der Waals surface area contributed by atoms with Crippen LogP contribution in [0.5, 0.6) is 0 Å². The topological polar surface area (TPSA) is 98.9 Å². The molecule has 1 amide bonds. The van der Waals surface area contributed by atoms with Crippen molar-refractivity contribution >= 4 is 17.5 Å². The predicted molar refractivity (Wildman–Crippen MR) is 90.3 cm³/mol. The first kappa shape index (κ1) is 15.0. The summed E-state index contributed by atoms with van der Waals surface area (Å²) in [6.45, 7) is 1.84. The summed E-state index contributed by atoms with van der Waals surface area (Å²) in [7, 11) is 0. The fourth-order valence-electron chi connectivity index (χ4n) is 2.91. The molecule has 0 spiro atoms. The summed E-state index contributed by atoms with van der Waals surface area (Å²) in [5.41, 5.74) is 2.89. The lowest BCUT2D eigenvalue weighted by molar-refractivity contribution is -0.378. The Balaban J connectivity index is 1.77. The third-order valence-corrected chi connectivity index (χ3v) is 4.04. The van der Waals surface area contributed by atoms with E-state index in [0.717, 1.165) is 11.3 Å².